The van der Waals surface area contributed by atoms with Gasteiger partial charge >= 0.3 is 0 Å². The summed E-state index contributed by atoms with van der Waals surface area (Å²) < 4.78 is 23.8. The molecule has 1 heterocycles. The van der Waals surface area contributed by atoms with Gasteiger partial charge < -0.3 is 18.9 Å². The molecule has 2 atom stereocenters. The zero-order valence-electron chi connectivity index (χ0n) is 22.6. The van der Waals surface area contributed by atoms with Crippen LogP contribution < -0.4 is 4.74 Å². The molecule has 0 amide bonds. The van der Waals surface area contributed by atoms with Crippen molar-refractivity contribution in [3.8, 4) is 5.75 Å². The van der Waals surface area contributed by atoms with Crippen LogP contribution in [0.15, 0.2) is 78.9 Å². The number of benzene rings is 3. The first kappa shape index (κ1) is 29.9. The second-order valence-corrected chi connectivity index (χ2v) is 10.8. The standard InChI is InChI=1S/C32H39Cl2NO4/c1-2-36-23-26-10-6-11-27(20-26)24-39-31-21-35(32(33)34)17-16-30(31)28-12-14-29(15-13-28)38-19-7-18-37-22-25-8-4-3-5-9-25/h3-6,8-15,20,30-32H,2,7,16-19,21-24H2,1H3. The van der Waals surface area contributed by atoms with Crippen LogP contribution >= 0.6 is 23.2 Å². The Bertz CT molecular complexity index is 1100. The fourth-order valence-electron chi connectivity index (χ4n) is 4.83. The lowest BCUT2D eigenvalue weighted by Gasteiger charge is -2.39. The van der Waals surface area contributed by atoms with Crippen molar-refractivity contribution in [1.29, 1.82) is 0 Å². The largest absolute Gasteiger partial charge is 0.494 e. The lowest BCUT2D eigenvalue weighted by molar-refractivity contribution is -0.0226. The van der Waals surface area contributed by atoms with Crippen molar-refractivity contribution >= 4 is 23.2 Å². The van der Waals surface area contributed by atoms with E-state index >= 15 is 0 Å². The van der Waals surface area contributed by atoms with Gasteiger partial charge in [0.1, 0.15) is 5.75 Å². The normalized spacial score (nSPS) is 17.9. The molecule has 210 valence electrons. The van der Waals surface area contributed by atoms with Gasteiger partial charge in [-0.15, -0.1) is 0 Å². The van der Waals surface area contributed by atoms with Crippen LogP contribution in [0.25, 0.3) is 0 Å². The zero-order chi connectivity index (χ0) is 27.3. The minimum absolute atomic E-state index is 0.0252. The third-order valence-electron chi connectivity index (χ3n) is 6.92. The Labute approximate surface area is 242 Å². The molecule has 3 aromatic carbocycles. The number of piperidine rings is 1. The molecule has 0 aliphatic carbocycles. The fourth-order valence-corrected chi connectivity index (χ4v) is 5.18. The van der Waals surface area contributed by atoms with Crippen molar-refractivity contribution < 1.29 is 18.9 Å². The average Bonchev–Trinajstić information content (AvgIpc) is 2.97. The van der Waals surface area contributed by atoms with E-state index in [1.54, 1.807) is 0 Å². The smallest absolute Gasteiger partial charge is 0.160 e. The monoisotopic (exact) mass is 571 g/mol. The summed E-state index contributed by atoms with van der Waals surface area (Å²) in [6.45, 7) is 7.27. The molecule has 1 aliphatic heterocycles. The summed E-state index contributed by atoms with van der Waals surface area (Å²) in [4.78, 5) is 1.52. The minimum Gasteiger partial charge on any atom is -0.494 e. The van der Waals surface area contributed by atoms with E-state index in [-0.39, 0.29) is 12.0 Å². The molecular weight excluding hydrogens is 533 g/mol. The van der Waals surface area contributed by atoms with Gasteiger partial charge in [0, 0.05) is 32.0 Å². The van der Waals surface area contributed by atoms with Gasteiger partial charge in [-0.2, -0.15) is 0 Å². The van der Waals surface area contributed by atoms with Crippen LogP contribution in [0.5, 0.6) is 5.75 Å². The average molecular weight is 573 g/mol. The van der Waals surface area contributed by atoms with Crippen molar-refractivity contribution in [3.63, 3.8) is 0 Å². The molecule has 0 aromatic heterocycles. The Morgan fingerprint density at radius 1 is 0.821 bits per heavy atom. The molecule has 0 saturated carbocycles. The maximum atomic E-state index is 6.50. The van der Waals surface area contributed by atoms with Crippen LogP contribution in [-0.4, -0.2) is 48.9 Å². The van der Waals surface area contributed by atoms with E-state index in [0.717, 1.165) is 36.3 Å². The Hall–Kier alpha value is -2.12. The minimum atomic E-state index is -0.543. The molecule has 0 radical (unpaired) electrons. The molecule has 0 spiro atoms. The zero-order valence-corrected chi connectivity index (χ0v) is 24.2. The van der Waals surface area contributed by atoms with E-state index in [1.165, 1.54) is 11.1 Å². The summed E-state index contributed by atoms with van der Waals surface area (Å²) in [6.07, 6.45) is 1.74. The van der Waals surface area contributed by atoms with Gasteiger partial charge in [-0.25, -0.2) is 0 Å². The van der Waals surface area contributed by atoms with E-state index < -0.39 is 4.96 Å². The molecule has 1 saturated heterocycles. The first-order chi connectivity index (χ1) is 19.1. The van der Waals surface area contributed by atoms with E-state index in [2.05, 4.69) is 53.4 Å². The summed E-state index contributed by atoms with van der Waals surface area (Å²) >= 11 is 12.5. The van der Waals surface area contributed by atoms with Crippen LogP contribution in [0.3, 0.4) is 0 Å². The molecule has 0 N–H and O–H groups in total. The van der Waals surface area contributed by atoms with Gasteiger partial charge in [0.25, 0.3) is 0 Å². The maximum absolute atomic E-state index is 6.50. The number of likely N-dealkylation sites (tertiary alicyclic amines) is 1. The molecule has 2 unspecified atom stereocenters. The van der Waals surface area contributed by atoms with Crippen molar-refractivity contribution in [2.45, 2.75) is 56.6 Å². The third kappa shape index (κ3) is 9.78. The predicted octanol–water partition coefficient (Wildman–Crippen LogP) is 7.34. The Morgan fingerprint density at radius 2 is 1.54 bits per heavy atom. The second kappa shape index (κ2) is 16.2. The Morgan fingerprint density at radius 3 is 2.28 bits per heavy atom. The number of hydrogen-bond donors (Lipinski definition) is 0. The van der Waals surface area contributed by atoms with Crippen molar-refractivity contribution in [2.24, 2.45) is 0 Å². The number of ether oxygens (including phenoxy) is 4. The summed E-state index contributed by atoms with van der Waals surface area (Å²) in [7, 11) is 0. The van der Waals surface area contributed by atoms with Gasteiger partial charge in [-0.1, -0.05) is 89.9 Å². The molecule has 7 heteroatoms. The number of halogens is 2. The molecule has 1 fully saturated rings. The first-order valence-electron chi connectivity index (χ1n) is 13.8. The highest BCUT2D eigenvalue weighted by Gasteiger charge is 2.33. The summed E-state index contributed by atoms with van der Waals surface area (Å²) in [5, 5.41) is 0. The lowest BCUT2D eigenvalue weighted by Crippen LogP contribution is -2.45. The van der Waals surface area contributed by atoms with Gasteiger partial charge in [-0.05, 0) is 47.7 Å². The van der Waals surface area contributed by atoms with Crippen LogP contribution in [0.1, 0.15) is 47.9 Å². The lowest BCUT2D eigenvalue weighted by atomic mass is 9.87. The Kier molecular flexibility index (Phi) is 12.4. The van der Waals surface area contributed by atoms with Gasteiger partial charge in [0.15, 0.2) is 4.96 Å². The van der Waals surface area contributed by atoms with Gasteiger partial charge in [-0.3, -0.25) is 4.90 Å². The molecule has 39 heavy (non-hydrogen) atoms. The predicted molar refractivity (Wildman–Crippen MR) is 157 cm³/mol. The highest BCUT2D eigenvalue weighted by molar-refractivity contribution is 6.43. The van der Waals surface area contributed by atoms with Crippen LogP contribution in [-0.2, 0) is 34.0 Å². The number of alkyl halides is 2. The van der Waals surface area contributed by atoms with E-state index in [4.69, 9.17) is 42.1 Å². The van der Waals surface area contributed by atoms with E-state index in [0.29, 0.717) is 46.2 Å². The highest BCUT2D eigenvalue weighted by Crippen LogP contribution is 2.33. The van der Waals surface area contributed by atoms with Crippen molar-refractivity contribution in [2.75, 3.05) is 32.9 Å². The molecular formula is C32H39Cl2NO4. The topological polar surface area (TPSA) is 40.2 Å². The summed E-state index contributed by atoms with van der Waals surface area (Å²) in [6, 6.07) is 27.0. The first-order valence-corrected chi connectivity index (χ1v) is 14.6. The number of nitrogens with zero attached hydrogens (tertiary/aromatic N) is 1. The number of hydrogen-bond acceptors (Lipinski definition) is 5. The van der Waals surface area contributed by atoms with E-state index in [1.807, 2.05) is 37.3 Å². The van der Waals surface area contributed by atoms with Crippen molar-refractivity contribution in [1.82, 2.24) is 4.90 Å². The molecule has 5 nitrogen and oxygen atoms in total. The van der Waals surface area contributed by atoms with Crippen LogP contribution in [0.4, 0.5) is 0 Å². The maximum Gasteiger partial charge on any atom is 0.160 e. The summed E-state index contributed by atoms with van der Waals surface area (Å²) in [5.41, 5.74) is 4.71. The molecule has 1 aliphatic rings. The Balaban J connectivity index is 1.28. The van der Waals surface area contributed by atoms with Gasteiger partial charge in [0.2, 0.25) is 0 Å². The highest BCUT2D eigenvalue weighted by atomic mass is 35.5. The van der Waals surface area contributed by atoms with E-state index in [9.17, 15) is 0 Å². The SMILES string of the molecule is CCOCc1cccc(COC2CN(C(Cl)Cl)CCC2c2ccc(OCCCOCc3ccccc3)cc2)c1. The molecule has 0 bridgehead atoms. The van der Waals surface area contributed by atoms with Crippen LogP contribution in [0.2, 0.25) is 0 Å². The molecule has 3 aromatic rings. The van der Waals surface area contributed by atoms with Crippen LogP contribution in [0, 0.1) is 0 Å². The number of rotatable bonds is 15. The fraction of sp³-hybridized carbons (Fsp3) is 0.438. The van der Waals surface area contributed by atoms with Crippen molar-refractivity contribution in [3.05, 3.63) is 101 Å². The second-order valence-electron chi connectivity index (χ2n) is 9.78. The quantitative estimate of drug-likeness (QED) is 0.108. The molecule has 4 rings (SSSR count). The summed E-state index contributed by atoms with van der Waals surface area (Å²) in [5.74, 6) is 1.12. The third-order valence-corrected chi connectivity index (χ3v) is 7.47. The van der Waals surface area contributed by atoms with Gasteiger partial charge in [0.05, 0.1) is 39.1 Å².